The Bertz CT molecular complexity index is 1190. The highest BCUT2D eigenvalue weighted by atomic mass is 16.2. The van der Waals surface area contributed by atoms with Gasteiger partial charge in [-0.25, -0.2) is 0 Å². The molecule has 0 N–H and O–H groups in total. The fourth-order valence-corrected chi connectivity index (χ4v) is 6.41. The first-order chi connectivity index (χ1) is 20.4. The minimum absolute atomic E-state index is 0.121. The highest BCUT2D eigenvalue weighted by molar-refractivity contribution is 5.81. The number of rotatable bonds is 15. The third-order valence-corrected chi connectivity index (χ3v) is 9.37. The van der Waals surface area contributed by atoms with Gasteiger partial charge in [-0.1, -0.05) is 83.5 Å². The van der Waals surface area contributed by atoms with Crippen molar-refractivity contribution in [3.8, 4) is 0 Å². The Hall–Kier alpha value is -2.72. The van der Waals surface area contributed by atoms with Crippen molar-refractivity contribution in [1.29, 1.82) is 0 Å². The fraction of sp³-hybridized carbons (Fsp3) is 0.590. The van der Waals surface area contributed by atoms with E-state index >= 15 is 0 Å². The SMILES string of the molecule is C=C/C(C)=C(\C=C(\C)C(C)CC)C(/CCC)=C(/c1cc(C2CCN(C(=O)C(CC=O)CN(C)C)CC2)ccc1C)C(C)C. The van der Waals surface area contributed by atoms with Crippen molar-refractivity contribution in [3.05, 3.63) is 75.9 Å². The van der Waals surface area contributed by atoms with Crippen molar-refractivity contribution in [2.75, 3.05) is 33.7 Å². The molecule has 0 aromatic heterocycles. The number of hydrogen-bond acceptors (Lipinski definition) is 3. The number of amides is 1. The van der Waals surface area contributed by atoms with Crippen LogP contribution in [0.1, 0.15) is 110 Å². The molecule has 0 radical (unpaired) electrons. The van der Waals surface area contributed by atoms with E-state index in [1.54, 1.807) is 0 Å². The number of carbonyl (C=O) groups excluding carboxylic acids is 2. The van der Waals surface area contributed by atoms with Gasteiger partial charge in [-0.3, -0.25) is 4.79 Å². The molecule has 0 bridgehead atoms. The monoisotopic (exact) mass is 588 g/mol. The van der Waals surface area contributed by atoms with Gasteiger partial charge in [0.1, 0.15) is 6.29 Å². The van der Waals surface area contributed by atoms with Crippen LogP contribution in [0.4, 0.5) is 0 Å². The van der Waals surface area contributed by atoms with Gasteiger partial charge >= 0.3 is 0 Å². The normalized spacial score (nSPS) is 17.5. The minimum Gasteiger partial charge on any atom is -0.342 e. The van der Waals surface area contributed by atoms with Crippen molar-refractivity contribution in [1.82, 2.24) is 9.80 Å². The van der Waals surface area contributed by atoms with Crippen LogP contribution in [0, 0.1) is 24.7 Å². The van der Waals surface area contributed by atoms with E-state index in [0.29, 0.717) is 24.3 Å². The van der Waals surface area contributed by atoms with Gasteiger partial charge in [-0.15, -0.1) is 0 Å². The maximum absolute atomic E-state index is 13.3. The van der Waals surface area contributed by atoms with Crippen LogP contribution < -0.4 is 0 Å². The summed E-state index contributed by atoms with van der Waals surface area (Å²) in [6, 6.07) is 7.06. The number of carbonyl (C=O) groups is 2. The molecular formula is C39H60N2O2. The molecule has 0 spiro atoms. The van der Waals surface area contributed by atoms with Crippen LogP contribution in [0.25, 0.3) is 5.57 Å². The molecule has 1 heterocycles. The average Bonchev–Trinajstić information content (AvgIpc) is 2.98. The highest BCUT2D eigenvalue weighted by Crippen LogP contribution is 2.39. The van der Waals surface area contributed by atoms with E-state index in [1.165, 1.54) is 44.6 Å². The van der Waals surface area contributed by atoms with E-state index in [9.17, 15) is 9.59 Å². The number of nitrogens with zero attached hydrogens (tertiary/aromatic N) is 2. The Kier molecular flexibility index (Phi) is 14.9. The number of allylic oxidation sites excluding steroid dienone is 7. The summed E-state index contributed by atoms with van der Waals surface area (Å²) in [7, 11) is 3.91. The molecule has 1 amide bonds. The lowest BCUT2D eigenvalue weighted by molar-refractivity contribution is -0.138. The molecule has 4 heteroatoms. The topological polar surface area (TPSA) is 40.6 Å². The summed E-state index contributed by atoms with van der Waals surface area (Å²) in [5.74, 6) is 1.19. The van der Waals surface area contributed by atoms with Gasteiger partial charge in [0.2, 0.25) is 5.91 Å². The van der Waals surface area contributed by atoms with Gasteiger partial charge < -0.3 is 14.6 Å². The number of hydrogen-bond donors (Lipinski definition) is 0. The molecular weight excluding hydrogens is 528 g/mol. The number of likely N-dealkylation sites (tertiary alicyclic amines) is 1. The van der Waals surface area contributed by atoms with E-state index in [0.717, 1.165) is 51.5 Å². The van der Waals surface area contributed by atoms with Crippen LogP contribution in [-0.2, 0) is 9.59 Å². The van der Waals surface area contributed by atoms with Crippen LogP contribution in [0.5, 0.6) is 0 Å². The first kappa shape index (κ1) is 36.5. The zero-order valence-corrected chi connectivity index (χ0v) is 29.1. The summed E-state index contributed by atoms with van der Waals surface area (Å²) in [4.78, 5) is 28.5. The quantitative estimate of drug-likeness (QED) is 0.151. The Morgan fingerprint density at radius 1 is 1.12 bits per heavy atom. The highest BCUT2D eigenvalue weighted by Gasteiger charge is 2.29. The molecule has 238 valence electrons. The summed E-state index contributed by atoms with van der Waals surface area (Å²) < 4.78 is 0. The third kappa shape index (κ3) is 9.89. The van der Waals surface area contributed by atoms with Crippen molar-refractivity contribution in [2.24, 2.45) is 17.8 Å². The fourth-order valence-electron chi connectivity index (χ4n) is 6.41. The largest absolute Gasteiger partial charge is 0.342 e. The van der Waals surface area contributed by atoms with Gasteiger partial charge in [-0.05, 0) is 117 Å². The van der Waals surface area contributed by atoms with E-state index in [2.05, 4.69) is 86.2 Å². The lowest BCUT2D eigenvalue weighted by atomic mass is 9.79. The molecule has 1 aliphatic rings. The smallest absolute Gasteiger partial charge is 0.227 e. The third-order valence-electron chi connectivity index (χ3n) is 9.37. The molecule has 0 aliphatic carbocycles. The van der Waals surface area contributed by atoms with Crippen LogP contribution >= 0.6 is 0 Å². The molecule has 2 atom stereocenters. The Morgan fingerprint density at radius 3 is 2.28 bits per heavy atom. The second kappa shape index (κ2) is 17.5. The van der Waals surface area contributed by atoms with Crippen molar-refractivity contribution in [2.45, 2.75) is 99.8 Å². The Morgan fingerprint density at radius 2 is 1.77 bits per heavy atom. The second-order valence-corrected chi connectivity index (χ2v) is 13.3. The average molecular weight is 589 g/mol. The summed E-state index contributed by atoms with van der Waals surface area (Å²) in [6.07, 6.45) is 10.8. The molecule has 2 unspecified atom stereocenters. The Balaban J connectivity index is 2.53. The maximum atomic E-state index is 13.3. The summed E-state index contributed by atoms with van der Waals surface area (Å²) in [6.45, 7) is 24.5. The molecule has 1 aromatic carbocycles. The van der Waals surface area contributed by atoms with Crippen LogP contribution in [-0.4, -0.2) is 55.7 Å². The Labute approximate surface area is 264 Å². The molecule has 4 nitrogen and oxygen atoms in total. The molecule has 43 heavy (non-hydrogen) atoms. The predicted molar refractivity (Wildman–Crippen MR) is 185 cm³/mol. The van der Waals surface area contributed by atoms with Crippen molar-refractivity contribution < 1.29 is 9.59 Å². The first-order valence-corrected chi connectivity index (χ1v) is 16.6. The van der Waals surface area contributed by atoms with E-state index < -0.39 is 0 Å². The summed E-state index contributed by atoms with van der Waals surface area (Å²) in [5.41, 5.74) is 10.9. The van der Waals surface area contributed by atoms with Crippen LogP contribution in [0.3, 0.4) is 0 Å². The van der Waals surface area contributed by atoms with Gasteiger partial charge in [0.15, 0.2) is 0 Å². The maximum Gasteiger partial charge on any atom is 0.227 e. The number of aldehydes is 1. The predicted octanol–water partition coefficient (Wildman–Crippen LogP) is 9.17. The van der Waals surface area contributed by atoms with E-state index in [4.69, 9.17) is 0 Å². The molecule has 2 rings (SSSR count). The molecule has 0 saturated carbocycles. The van der Waals surface area contributed by atoms with Crippen molar-refractivity contribution in [3.63, 3.8) is 0 Å². The number of benzene rings is 1. The summed E-state index contributed by atoms with van der Waals surface area (Å²) >= 11 is 0. The van der Waals surface area contributed by atoms with Crippen molar-refractivity contribution >= 4 is 17.8 Å². The zero-order chi connectivity index (χ0) is 32.3. The summed E-state index contributed by atoms with van der Waals surface area (Å²) in [5, 5.41) is 0. The van der Waals surface area contributed by atoms with Gasteiger partial charge in [0, 0.05) is 26.1 Å². The second-order valence-electron chi connectivity index (χ2n) is 13.3. The van der Waals surface area contributed by atoms with E-state index in [1.807, 2.05) is 30.0 Å². The zero-order valence-electron chi connectivity index (χ0n) is 29.1. The standard InChI is InChI=1S/C39H60N2O2/c1-12-15-35(36(29(7)14-3)24-31(9)28(6)13-2)38(27(4)5)37-25-33(17-16-30(37)8)32-18-21-41(22-19-32)39(43)34(20-23-42)26-40(10)11/h14,16-17,23-25,27-28,32,34H,3,12-13,15,18-22,26H2,1-2,4-11H3/b31-24-,36-29+,38-35+. The number of aryl methyl sites for hydroxylation is 1. The molecule has 1 fully saturated rings. The number of piperidine rings is 1. The van der Waals surface area contributed by atoms with Gasteiger partial charge in [0.25, 0.3) is 0 Å². The van der Waals surface area contributed by atoms with Crippen LogP contribution in [0.15, 0.2) is 59.2 Å². The molecule has 1 aromatic rings. The molecule has 1 saturated heterocycles. The first-order valence-electron chi connectivity index (χ1n) is 16.6. The van der Waals surface area contributed by atoms with Gasteiger partial charge in [0.05, 0.1) is 5.92 Å². The van der Waals surface area contributed by atoms with E-state index in [-0.39, 0.29) is 18.2 Å². The van der Waals surface area contributed by atoms with Crippen LogP contribution in [0.2, 0.25) is 0 Å². The molecule has 1 aliphatic heterocycles. The lowest BCUT2D eigenvalue weighted by Crippen LogP contribution is -2.44. The minimum atomic E-state index is -0.259. The lowest BCUT2D eigenvalue weighted by Gasteiger charge is -2.35. The van der Waals surface area contributed by atoms with Gasteiger partial charge in [-0.2, -0.15) is 0 Å².